The Labute approximate surface area is 113 Å². The molecule has 0 aromatic heterocycles. The minimum Gasteiger partial charge on any atom is -0.500 e. The SMILES string of the molecule is CCOC=C(C#N)C(=O)Nc1cccc(C(F)(F)F)c1. The average molecular weight is 284 g/mol. The first kappa shape index (κ1) is 15.6. The van der Waals surface area contributed by atoms with Crippen molar-refractivity contribution in [2.45, 2.75) is 13.1 Å². The lowest BCUT2D eigenvalue weighted by atomic mass is 10.2. The van der Waals surface area contributed by atoms with Crippen LogP contribution in [0.4, 0.5) is 18.9 Å². The van der Waals surface area contributed by atoms with Crippen LogP contribution in [0.25, 0.3) is 0 Å². The van der Waals surface area contributed by atoms with Crippen molar-refractivity contribution < 1.29 is 22.7 Å². The molecule has 1 amide bonds. The molecule has 0 fully saturated rings. The van der Waals surface area contributed by atoms with Gasteiger partial charge < -0.3 is 10.1 Å². The number of rotatable bonds is 4. The maximum Gasteiger partial charge on any atom is 0.416 e. The Morgan fingerprint density at radius 1 is 1.50 bits per heavy atom. The fourth-order valence-electron chi connectivity index (χ4n) is 1.27. The molecule has 0 unspecified atom stereocenters. The van der Waals surface area contributed by atoms with Gasteiger partial charge in [0.1, 0.15) is 12.3 Å². The zero-order chi connectivity index (χ0) is 15.2. The molecule has 1 N–H and O–H groups in total. The number of alkyl halides is 3. The van der Waals surface area contributed by atoms with Crippen molar-refractivity contribution in [3.8, 4) is 6.07 Å². The standard InChI is InChI=1S/C13H11F3N2O2/c1-2-20-8-9(7-17)12(19)18-11-5-3-4-10(6-11)13(14,15)16/h3-6,8H,2H2,1H3,(H,18,19). The normalized spacial score (nSPS) is 11.7. The Morgan fingerprint density at radius 2 is 2.20 bits per heavy atom. The van der Waals surface area contributed by atoms with Crippen molar-refractivity contribution in [3.63, 3.8) is 0 Å². The van der Waals surface area contributed by atoms with Gasteiger partial charge in [0.25, 0.3) is 5.91 Å². The summed E-state index contributed by atoms with van der Waals surface area (Å²) in [6.07, 6.45) is -3.54. The van der Waals surface area contributed by atoms with Gasteiger partial charge in [0.05, 0.1) is 12.2 Å². The largest absolute Gasteiger partial charge is 0.500 e. The second kappa shape index (κ2) is 6.61. The summed E-state index contributed by atoms with van der Waals surface area (Å²) in [7, 11) is 0. The van der Waals surface area contributed by atoms with Crippen LogP contribution in [-0.4, -0.2) is 12.5 Å². The van der Waals surface area contributed by atoms with Gasteiger partial charge in [-0.1, -0.05) is 6.07 Å². The smallest absolute Gasteiger partial charge is 0.416 e. The number of hydrogen-bond donors (Lipinski definition) is 1. The number of hydrogen-bond acceptors (Lipinski definition) is 3. The number of carbonyl (C=O) groups excluding carboxylic acids is 1. The van der Waals surface area contributed by atoms with Crippen LogP contribution in [0.2, 0.25) is 0 Å². The lowest BCUT2D eigenvalue weighted by Crippen LogP contribution is -2.14. The summed E-state index contributed by atoms with van der Waals surface area (Å²) in [5.41, 5.74) is -1.27. The van der Waals surface area contributed by atoms with Gasteiger partial charge in [0.2, 0.25) is 0 Å². The summed E-state index contributed by atoms with van der Waals surface area (Å²) in [5.74, 6) is -0.833. The number of nitriles is 1. The van der Waals surface area contributed by atoms with Crippen molar-refractivity contribution in [1.29, 1.82) is 5.26 Å². The fourth-order valence-corrected chi connectivity index (χ4v) is 1.27. The minimum atomic E-state index is -4.50. The third-order valence-corrected chi connectivity index (χ3v) is 2.18. The highest BCUT2D eigenvalue weighted by atomic mass is 19.4. The van der Waals surface area contributed by atoms with Crippen LogP contribution in [0.3, 0.4) is 0 Å². The molecule has 0 heterocycles. The Morgan fingerprint density at radius 3 is 2.75 bits per heavy atom. The molecule has 0 aliphatic rings. The first-order chi connectivity index (χ1) is 9.38. The Balaban J connectivity index is 2.89. The predicted octanol–water partition coefficient (Wildman–Crippen LogP) is 3.09. The maximum atomic E-state index is 12.5. The van der Waals surface area contributed by atoms with Gasteiger partial charge in [-0.15, -0.1) is 0 Å². The number of ether oxygens (including phenoxy) is 1. The van der Waals surface area contributed by atoms with Gasteiger partial charge in [-0.2, -0.15) is 18.4 Å². The summed E-state index contributed by atoms with van der Waals surface area (Å²) in [5, 5.41) is 11.0. The van der Waals surface area contributed by atoms with Crippen LogP contribution in [0, 0.1) is 11.3 Å². The van der Waals surface area contributed by atoms with E-state index in [1.54, 1.807) is 13.0 Å². The molecular weight excluding hydrogens is 273 g/mol. The van der Waals surface area contributed by atoms with E-state index in [0.717, 1.165) is 24.5 Å². The second-order valence-corrected chi connectivity index (χ2v) is 3.63. The fraction of sp³-hybridized carbons (Fsp3) is 0.231. The van der Waals surface area contributed by atoms with E-state index in [2.05, 4.69) is 5.32 Å². The molecule has 0 atom stereocenters. The summed E-state index contributed by atoms with van der Waals surface area (Å²) >= 11 is 0. The molecule has 7 heteroatoms. The van der Waals surface area contributed by atoms with E-state index in [-0.39, 0.29) is 17.9 Å². The summed E-state index contributed by atoms with van der Waals surface area (Å²) in [6.45, 7) is 1.93. The van der Waals surface area contributed by atoms with Crippen LogP contribution in [0.15, 0.2) is 36.1 Å². The average Bonchev–Trinajstić information content (AvgIpc) is 2.39. The van der Waals surface area contributed by atoms with E-state index >= 15 is 0 Å². The van der Waals surface area contributed by atoms with Crippen molar-refractivity contribution in [3.05, 3.63) is 41.7 Å². The number of nitrogens with one attached hydrogen (secondary N) is 1. The molecule has 0 aliphatic carbocycles. The van der Waals surface area contributed by atoms with E-state index in [1.165, 1.54) is 6.07 Å². The molecule has 0 aliphatic heterocycles. The Bertz CT molecular complexity index is 559. The van der Waals surface area contributed by atoms with Crippen molar-refractivity contribution in [2.24, 2.45) is 0 Å². The number of carbonyl (C=O) groups is 1. The monoisotopic (exact) mass is 284 g/mol. The highest BCUT2D eigenvalue weighted by Crippen LogP contribution is 2.30. The highest BCUT2D eigenvalue weighted by molar-refractivity contribution is 6.06. The number of halogens is 3. The van der Waals surface area contributed by atoms with Crippen molar-refractivity contribution >= 4 is 11.6 Å². The topological polar surface area (TPSA) is 62.1 Å². The lowest BCUT2D eigenvalue weighted by Gasteiger charge is -2.09. The third kappa shape index (κ3) is 4.31. The summed E-state index contributed by atoms with van der Waals surface area (Å²) in [6, 6.07) is 5.73. The predicted molar refractivity (Wildman–Crippen MR) is 65.4 cm³/mol. The molecule has 1 aromatic carbocycles. The summed E-state index contributed by atoms with van der Waals surface area (Å²) < 4.78 is 42.3. The highest BCUT2D eigenvalue weighted by Gasteiger charge is 2.30. The molecule has 1 rings (SSSR count). The van der Waals surface area contributed by atoms with E-state index in [0.29, 0.717) is 0 Å². The maximum absolute atomic E-state index is 12.5. The number of anilines is 1. The van der Waals surface area contributed by atoms with Gasteiger partial charge in [-0.25, -0.2) is 0 Å². The van der Waals surface area contributed by atoms with Gasteiger partial charge in [0, 0.05) is 5.69 Å². The number of nitrogens with zero attached hydrogens (tertiary/aromatic N) is 1. The van der Waals surface area contributed by atoms with Crippen molar-refractivity contribution in [1.82, 2.24) is 0 Å². The van der Waals surface area contributed by atoms with Crippen molar-refractivity contribution in [2.75, 3.05) is 11.9 Å². The van der Waals surface area contributed by atoms with Crippen LogP contribution >= 0.6 is 0 Å². The van der Waals surface area contributed by atoms with Crippen LogP contribution in [0.1, 0.15) is 12.5 Å². The summed E-state index contributed by atoms with van der Waals surface area (Å²) in [4.78, 5) is 11.6. The second-order valence-electron chi connectivity index (χ2n) is 3.63. The van der Waals surface area contributed by atoms with Crippen LogP contribution in [0.5, 0.6) is 0 Å². The molecule has 4 nitrogen and oxygen atoms in total. The molecule has 0 saturated heterocycles. The quantitative estimate of drug-likeness (QED) is 0.525. The lowest BCUT2D eigenvalue weighted by molar-refractivity contribution is -0.137. The van der Waals surface area contributed by atoms with Crippen LogP contribution in [-0.2, 0) is 15.7 Å². The van der Waals surface area contributed by atoms with E-state index < -0.39 is 17.6 Å². The van der Waals surface area contributed by atoms with Crippen LogP contribution < -0.4 is 5.32 Å². The van der Waals surface area contributed by atoms with E-state index in [4.69, 9.17) is 10.00 Å². The van der Waals surface area contributed by atoms with Gasteiger partial charge in [-0.05, 0) is 25.1 Å². The first-order valence-corrected chi connectivity index (χ1v) is 5.59. The zero-order valence-corrected chi connectivity index (χ0v) is 10.5. The minimum absolute atomic E-state index is 0.0533. The van der Waals surface area contributed by atoms with Gasteiger partial charge >= 0.3 is 6.18 Å². The number of amides is 1. The third-order valence-electron chi connectivity index (χ3n) is 2.18. The molecule has 1 aromatic rings. The molecule has 0 bridgehead atoms. The molecule has 106 valence electrons. The Hall–Kier alpha value is -2.49. The molecule has 0 saturated carbocycles. The van der Waals surface area contributed by atoms with Gasteiger partial charge in [-0.3, -0.25) is 4.79 Å². The first-order valence-electron chi connectivity index (χ1n) is 5.59. The number of benzene rings is 1. The molecule has 0 spiro atoms. The van der Waals surface area contributed by atoms with E-state index in [1.807, 2.05) is 0 Å². The molecular formula is C13H11F3N2O2. The zero-order valence-electron chi connectivity index (χ0n) is 10.5. The van der Waals surface area contributed by atoms with E-state index in [9.17, 15) is 18.0 Å². The Kier molecular flexibility index (Phi) is 5.15. The molecule has 0 radical (unpaired) electrons. The molecule has 20 heavy (non-hydrogen) atoms. The van der Waals surface area contributed by atoms with Gasteiger partial charge in [0.15, 0.2) is 5.57 Å².